The van der Waals surface area contributed by atoms with Gasteiger partial charge in [0.15, 0.2) is 5.13 Å². The average molecular weight is 470 g/mol. The minimum atomic E-state index is -0.615. The van der Waals surface area contributed by atoms with Crippen molar-refractivity contribution in [2.24, 2.45) is 16.7 Å². The van der Waals surface area contributed by atoms with E-state index in [4.69, 9.17) is 4.98 Å². The van der Waals surface area contributed by atoms with Crippen LogP contribution in [-0.4, -0.2) is 52.3 Å². The third-order valence-corrected chi connectivity index (χ3v) is 9.14. The van der Waals surface area contributed by atoms with E-state index < -0.39 is 11.5 Å². The number of carbonyl (C=O) groups excluding carboxylic acids is 1. The van der Waals surface area contributed by atoms with Crippen LogP contribution in [0.4, 0.5) is 10.8 Å². The molecule has 0 spiro atoms. The Morgan fingerprint density at radius 2 is 2.09 bits per heavy atom. The standard InChI is InChI=1S/C26H35N3O3S/c1-5-13-29(4)22(32)14-18-23-19(33-24(28-23)27-17-9-7-6-8-10-17)15-20-25(18,2)12-11-21(31)26(20,3)16-30/h5-10,18,20-21,30-31H,1,11-16H2,2-4H3,(H,27,28). The largest absolute Gasteiger partial charge is 0.396 e. The first kappa shape index (κ1) is 23.9. The van der Waals surface area contributed by atoms with Crippen molar-refractivity contribution in [3.63, 3.8) is 0 Å². The van der Waals surface area contributed by atoms with E-state index in [1.807, 2.05) is 37.3 Å². The molecule has 1 aromatic heterocycles. The number of nitrogens with one attached hydrogen (secondary N) is 1. The van der Waals surface area contributed by atoms with Crippen LogP contribution >= 0.6 is 11.3 Å². The predicted molar refractivity (Wildman–Crippen MR) is 133 cm³/mol. The fourth-order valence-electron chi connectivity index (χ4n) is 5.97. The molecule has 1 amide bonds. The van der Waals surface area contributed by atoms with Crippen molar-refractivity contribution in [2.75, 3.05) is 25.5 Å². The zero-order chi connectivity index (χ0) is 23.8. The van der Waals surface area contributed by atoms with Gasteiger partial charge in [-0.05, 0) is 42.7 Å². The van der Waals surface area contributed by atoms with Crippen molar-refractivity contribution >= 4 is 28.1 Å². The minimum absolute atomic E-state index is 0.0544. The second-order valence-electron chi connectivity index (χ2n) is 10.1. The molecule has 5 atom stereocenters. The Balaban J connectivity index is 1.75. The van der Waals surface area contributed by atoms with E-state index in [1.165, 1.54) is 0 Å². The molecule has 7 heteroatoms. The molecule has 1 heterocycles. The van der Waals surface area contributed by atoms with E-state index in [0.29, 0.717) is 19.4 Å². The molecule has 2 aromatic rings. The number of aliphatic hydroxyl groups excluding tert-OH is 2. The van der Waals surface area contributed by atoms with E-state index in [2.05, 4.69) is 18.8 Å². The van der Waals surface area contributed by atoms with Crippen LogP contribution in [0.2, 0.25) is 0 Å². The van der Waals surface area contributed by atoms with Gasteiger partial charge in [-0.15, -0.1) is 17.9 Å². The maximum absolute atomic E-state index is 13.2. The third-order valence-electron chi connectivity index (χ3n) is 8.13. The first-order valence-corrected chi connectivity index (χ1v) is 12.5. The molecule has 0 saturated heterocycles. The molecule has 2 aliphatic carbocycles. The number of hydrogen-bond acceptors (Lipinski definition) is 6. The summed E-state index contributed by atoms with van der Waals surface area (Å²) in [5, 5.41) is 25.5. The average Bonchev–Trinajstić information content (AvgIpc) is 3.20. The number of rotatable bonds is 7. The van der Waals surface area contributed by atoms with E-state index in [-0.39, 0.29) is 29.8 Å². The molecular formula is C26H35N3O3S. The van der Waals surface area contributed by atoms with Crippen LogP contribution in [0.15, 0.2) is 43.0 Å². The highest BCUT2D eigenvalue weighted by Crippen LogP contribution is 2.63. The van der Waals surface area contributed by atoms with E-state index in [1.54, 1.807) is 29.4 Å². The first-order valence-electron chi connectivity index (χ1n) is 11.7. The van der Waals surface area contributed by atoms with Gasteiger partial charge in [0.25, 0.3) is 0 Å². The fourth-order valence-corrected chi connectivity index (χ4v) is 7.06. The quantitative estimate of drug-likeness (QED) is 0.526. The van der Waals surface area contributed by atoms with E-state index in [9.17, 15) is 15.0 Å². The predicted octanol–water partition coefficient (Wildman–Crippen LogP) is 4.34. The molecule has 0 radical (unpaired) electrons. The van der Waals surface area contributed by atoms with Crippen molar-refractivity contribution in [3.8, 4) is 0 Å². The molecule has 178 valence electrons. The number of aliphatic hydroxyl groups is 2. The molecule has 3 N–H and O–H groups in total. The number of nitrogens with zero attached hydrogens (tertiary/aromatic N) is 2. The minimum Gasteiger partial charge on any atom is -0.396 e. The summed E-state index contributed by atoms with van der Waals surface area (Å²) in [5.41, 5.74) is 1.11. The summed E-state index contributed by atoms with van der Waals surface area (Å²) in [6.07, 6.45) is 3.70. The van der Waals surface area contributed by atoms with Gasteiger partial charge in [-0.3, -0.25) is 4.79 Å². The summed E-state index contributed by atoms with van der Waals surface area (Å²) in [7, 11) is 1.81. The van der Waals surface area contributed by atoms with Gasteiger partial charge in [-0.2, -0.15) is 0 Å². The van der Waals surface area contributed by atoms with Crippen LogP contribution in [-0.2, 0) is 11.2 Å². The lowest BCUT2D eigenvalue weighted by Crippen LogP contribution is -2.57. The summed E-state index contributed by atoms with van der Waals surface area (Å²) in [5.74, 6) is 0.0425. The van der Waals surface area contributed by atoms with Crippen LogP contribution in [0, 0.1) is 16.7 Å². The van der Waals surface area contributed by atoms with Gasteiger partial charge >= 0.3 is 0 Å². The molecule has 1 fully saturated rings. The van der Waals surface area contributed by atoms with Crippen LogP contribution in [0.25, 0.3) is 0 Å². The lowest BCUT2D eigenvalue weighted by atomic mass is 9.47. The van der Waals surface area contributed by atoms with Gasteiger partial charge in [-0.1, -0.05) is 38.1 Å². The zero-order valence-corrected chi connectivity index (χ0v) is 20.6. The third kappa shape index (κ3) is 4.22. The van der Waals surface area contributed by atoms with Crippen LogP contribution in [0.1, 0.15) is 49.6 Å². The highest BCUT2D eigenvalue weighted by atomic mass is 32.1. The Bertz CT molecular complexity index is 1010. The number of fused-ring (bicyclic) bond motifs is 2. The first-order chi connectivity index (χ1) is 15.7. The highest BCUT2D eigenvalue weighted by Gasteiger charge is 2.59. The molecule has 1 aromatic carbocycles. The summed E-state index contributed by atoms with van der Waals surface area (Å²) >= 11 is 1.62. The van der Waals surface area contributed by atoms with Gasteiger partial charge in [-0.25, -0.2) is 4.98 Å². The number of likely N-dealkylation sites (N-methyl/N-ethyl adjacent to an activating group) is 1. The molecule has 6 nitrogen and oxygen atoms in total. The maximum atomic E-state index is 13.2. The number of anilines is 2. The van der Waals surface area contributed by atoms with Crippen molar-refractivity contribution < 1.29 is 15.0 Å². The zero-order valence-electron chi connectivity index (χ0n) is 19.8. The topological polar surface area (TPSA) is 85.7 Å². The Morgan fingerprint density at radius 3 is 2.76 bits per heavy atom. The Labute approximate surface area is 200 Å². The second-order valence-corrected chi connectivity index (χ2v) is 11.2. The highest BCUT2D eigenvalue weighted by molar-refractivity contribution is 7.15. The second kappa shape index (κ2) is 9.20. The SMILES string of the molecule is C=CCN(C)C(=O)CC1c2nc(Nc3ccccc3)sc2CC2C(C)(CO)C(O)CCC12C. The Morgan fingerprint density at radius 1 is 1.36 bits per heavy atom. The molecule has 33 heavy (non-hydrogen) atoms. The summed E-state index contributed by atoms with van der Waals surface area (Å²) in [4.78, 5) is 21.0. The summed E-state index contributed by atoms with van der Waals surface area (Å²) < 4.78 is 0. The Hall–Kier alpha value is -2.22. The smallest absolute Gasteiger partial charge is 0.223 e. The molecule has 5 unspecified atom stereocenters. The van der Waals surface area contributed by atoms with E-state index >= 15 is 0 Å². The van der Waals surface area contributed by atoms with Crippen molar-refractivity contribution in [1.29, 1.82) is 0 Å². The summed E-state index contributed by atoms with van der Waals surface area (Å²) in [6, 6.07) is 9.96. The molecule has 2 aliphatic rings. The van der Waals surface area contributed by atoms with Gasteiger partial charge < -0.3 is 20.4 Å². The number of benzene rings is 1. The van der Waals surface area contributed by atoms with Gasteiger partial charge in [0.1, 0.15) is 0 Å². The van der Waals surface area contributed by atoms with Crippen LogP contribution in [0.5, 0.6) is 0 Å². The van der Waals surface area contributed by atoms with E-state index in [0.717, 1.165) is 34.2 Å². The van der Waals surface area contributed by atoms with Crippen molar-refractivity contribution in [3.05, 3.63) is 53.6 Å². The van der Waals surface area contributed by atoms with Crippen molar-refractivity contribution in [1.82, 2.24) is 9.88 Å². The lowest BCUT2D eigenvalue weighted by Gasteiger charge is -2.58. The molecule has 4 rings (SSSR count). The normalized spacial score (nSPS) is 30.8. The molecule has 0 aliphatic heterocycles. The molecule has 0 bridgehead atoms. The monoisotopic (exact) mass is 469 g/mol. The van der Waals surface area contributed by atoms with Gasteiger partial charge in [0, 0.05) is 41.9 Å². The number of amides is 1. The number of carbonyl (C=O) groups is 1. The van der Waals surface area contributed by atoms with Crippen molar-refractivity contribution in [2.45, 2.75) is 51.6 Å². The lowest BCUT2D eigenvalue weighted by molar-refractivity contribution is -0.146. The van der Waals surface area contributed by atoms with Gasteiger partial charge in [0.2, 0.25) is 5.91 Å². The fraction of sp³-hybridized carbons (Fsp3) is 0.538. The number of aromatic nitrogens is 1. The van der Waals surface area contributed by atoms with Gasteiger partial charge in [0.05, 0.1) is 18.4 Å². The molecule has 1 saturated carbocycles. The number of para-hydroxylation sites is 1. The Kier molecular flexibility index (Phi) is 6.67. The number of hydrogen-bond donors (Lipinski definition) is 3. The summed E-state index contributed by atoms with van der Waals surface area (Å²) in [6.45, 7) is 8.42. The molecular weight excluding hydrogens is 434 g/mol. The van der Waals surface area contributed by atoms with Crippen LogP contribution < -0.4 is 5.32 Å². The maximum Gasteiger partial charge on any atom is 0.223 e. The number of thiazole rings is 1. The van der Waals surface area contributed by atoms with Crippen LogP contribution in [0.3, 0.4) is 0 Å².